The lowest BCUT2D eigenvalue weighted by Crippen LogP contribution is -2.13. The third-order valence-corrected chi connectivity index (χ3v) is 5.77. The van der Waals surface area contributed by atoms with Gasteiger partial charge in [-0.2, -0.15) is 23.5 Å². The lowest BCUT2D eigenvalue weighted by molar-refractivity contribution is 0.588. The third kappa shape index (κ3) is 3.48. The molecular weight excluding hydrogens is 256 g/mol. The summed E-state index contributed by atoms with van der Waals surface area (Å²) in [5.41, 5.74) is 6.41. The molecule has 1 aliphatic rings. The van der Waals surface area contributed by atoms with E-state index in [9.17, 15) is 0 Å². The molecule has 1 aromatic rings. The van der Waals surface area contributed by atoms with Gasteiger partial charge < -0.3 is 0 Å². The molecule has 1 aromatic carbocycles. The normalized spacial score (nSPS) is 17.6. The van der Waals surface area contributed by atoms with Gasteiger partial charge >= 0.3 is 0 Å². The van der Waals surface area contributed by atoms with Crippen molar-refractivity contribution in [3.05, 3.63) is 34.4 Å². The second-order valence-corrected chi connectivity index (χ2v) is 8.34. The molecule has 100 valence electrons. The van der Waals surface area contributed by atoms with Crippen molar-refractivity contribution in [2.75, 3.05) is 11.5 Å². The summed E-state index contributed by atoms with van der Waals surface area (Å²) in [5.74, 6) is 4.99. The summed E-state index contributed by atoms with van der Waals surface area (Å²) in [6, 6.07) is 4.89. The van der Waals surface area contributed by atoms with Gasteiger partial charge in [-0.15, -0.1) is 0 Å². The van der Waals surface area contributed by atoms with Crippen molar-refractivity contribution < 1.29 is 0 Å². The minimum atomic E-state index is 0.261. The van der Waals surface area contributed by atoms with Crippen molar-refractivity contribution >= 4 is 23.5 Å². The highest BCUT2D eigenvalue weighted by atomic mass is 32.2. The van der Waals surface area contributed by atoms with Crippen molar-refractivity contribution in [2.45, 2.75) is 51.0 Å². The van der Waals surface area contributed by atoms with Gasteiger partial charge in [-0.3, -0.25) is 0 Å². The maximum atomic E-state index is 2.44. The van der Waals surface area contributed by atoms with Gasteiger partial charge in [0, 0.05) is 11.5 Å². The molecule has 0 aromatic heterocycles. The average molecular weight is 281 g/mol. The lowest BCUT2D eigenvalue weighted by atomic mass is 9.84. The smallest absolute Gasteiger partial charge is 0.0187 e. The number of hydrogen-bond donors (Lipinski definition) is 0. The van der Waals surface area contributed by atoms with Crippen LogP contribution in [0.5, 0.6) is 0 Å². The van der Waals surface area contributed by atoms with Crippen molar-refractivity contribution in [1.82, 2.24) is 0 Å². The summed E-state index contributed by atoms with van der Waals surface area (Å²) >= 11 is 4.19. The summed E-state index contributed by atoms with van der Waals surface area (Å²) in [7, 11) is 0. The fraction of sp³-hybridized carbons (Fsp3) is 0.625. The fourth-order valence-corrected chi connectivity index (χ4v) is 4.41. The van der Waals surface area contributed by atoms with Crippen LogP contribution in [-0.2, 0) is 16.9 Å². The Hall–Kier alpha value is -0.0800. The Morgan fingerprint density at radius 2 is 1.44 bits per heavy atom. The standard InChI is InChI=1S/C16H24S2/c1-12-13-8-15(16(2,3)4)9-14(12)11-18-7-5-6-17-10-13/h8-9H,5-7,10-11H2,1-4H3. The molecule has 2 rings (SSSR count). The Morgan fingerprint density at radius 3 is 1.89 bits per heavy atom. The van der Waals surface area contributed by atoms with E-state index in [1.165, 1.54) is 40.6 Å². The van der Waals surface area contributed by atoms with E-state index in [0.29, 0.717) is 0 Å². The molecule has 0 saturated carbocycles. The second-order valence-electron chi connectivity index (χ2n) is 6.13. The van der Waals surface area contributed by atoms with Gasteiger partial charge in [0.2, 0.25) is 0 Å². The minimum absolute atomic E-state index is 0.261. The van der Waals surface area contributed by atoms with Crippen LogP contribution in [0.1, 0.15) is 49.4 Å². The Balaban J connectivity index is 2.42. The summed E-state index contributed by atoms with van der Waals surface area (Å²) in [5, 5.41) is 0. The Morgan fingerprint density at radius 1 is 0.944 bits per heavy atom. The molecule has 0 saturated heterocycles. The topological polar surface area (TPSA) is 0 Å². The van der Waals surface area contributed by atoms with E-state index in [1.807, 2.05) is 0 Å². The molecule has 0 aliphatic carbocycles. The zero-order valence-electron chi connectivity index (χ0n) is 12.0. The van der Waals surface area contributed by atoms with Crippen molar-refractivity contribution in [3.63, 3.8) is 0 Å². The Bertz CT molecular complexity index is 387. The molecule has 1 aliphatic heterocycles. The highest BCUT2D eigenvalue weighted by molar-refractivity contribution is 7.99. The van der Waals surface area contributed by atoms with E-state index in [0.717, 1.165) is 0 Å². The summed E-state index contributed by atoms with van der Waals surface area (Å²) < 4.78 is 0. The van der Waals surface area contributed by atoms with Crippen LogP contribution >= 0.6 is 23.5 Å². The Labute approximate surface area is 120 Å². The first-order valence-corrected chi connectivity index (χ1v) is 9.08. The molecule has 0 atom stereocenters. The maximum absolute atomic E-state index is 2.44. The quantitative estimate of drug-likeness (QED) is 0.643. The highest BCUT2D eigenvalue weighted by Crippen LogP contribution is 2.32. The van der Waals surface area contributed by atoms with E-state index in [-0.39, 0.29) is 5.41 Å². The summed E-state index contributed by atoms with van der Waals surface area (Å²) in [6.07, 6.45) is 1.35. The molecule has 0 spiro atoms. The molecular formula is C16H24S2. The van der Waals surface area contributed by atoms with Gasteiger partial charge in [0.05, 0.1) is 0 Å². The zero-order valence-corrected chi connectivity index (χ0v) is 13.6. The predicted octanol–water partition coefficient (Wildman–Crippen LogP) is 5.16. The first-order valence-electron chi connectivity index (χ1n) is 6.77. The number of hydrogen-bond acceptors (Lipinski definition) is 2. The number of benzene rings is 1. The van der Waals surface area contributed by atoms with Crippen LogP contribution in [0.3, 0.4) is 0 Å². The number of thioether (sulfide) groups is 2. The van der Waals surface area contributed by atoms with Gasteiger partial charge in [0.1, 0.15) is 0 Å². The fourth-order valence-electron chi connectivity index (χ4n) is 2.20. The van der Waals surface area contributed by atoms with Gasteiger partial charge in [-0.05, 0) is 52.5 Å². The molecule has 0 N–H and O–H groups in total. The molecule has 0 unspecified atom stereocenters. The van der Waals surface area contributed by atoms with Crippen LogP contribution in [0, 0.1) is 6.92 Å². The van der Waals surface area contributed by atoms with Crippen LogP contribution < -0.4 is 0 Å². The molecule has 0 nitrogen and oxygen atoms in total. The van der Waals surface area contributed by atoms with E-state index < -0.39 is 0 Å². The van der Waals surface area contributed by atoms with Crippen LogP contribution in [0.15, 0.2) is 12.1 Å². The molecule has 0 radical (unpaired) electrons. The minimum Gasteiger partial charge on any atom is -0.157 e. The summed E-state index contributed by atoms with van der Waals surface area (Å²) in [6.45, 7) is 9.26. The van der Waals surface area contributed by atoms with Gasteiger partial charge in [-0.25, -0.2) is 0 Å². The monoisotopic (exact) mass is 280 g/mol. The van der Waals surface area contributed by atoms with Crippen LogP contribution in [-0.4, -0.2) is 11.5 Å². The van der Waals surface area contributed by atoms with E-state index in [2.05, 4.69) is 63.4 Å². The zero-order chi connectivity index (χ0) is 13.2. The third-order valence-electron chi connectivity index (χ3n) is 3.58. The Kier molecular flexibility index (Phi) is 4.71. The van der Waals surface area contributed by atoms with Crippen LogP contribution in [0.4, 0.5) is 0 Å². The number of rotatable bonds is 0. The molecule has 0 fully saturated rings. The van der Waals surface area contributed by atoms with Gasteiger partial charge in [0.25, 0.3) is 0 Å². The molecule has 2 bridgehead atoms. The molecule has 1 heterocycles. The lowest BCUT2D eigenvalue weighted by Gasteiger charge is -2.24. The van der Waals surface area contributed by atoms with E-state index >= 15 is 0 Å². The first kappa shape index (κ1) is 14.3. The second kappa shape index (κ2) is 5.92. The van der Waals surface area contributed by atoms with Crippen molar-refractivity contribution in [1.29, 1.82) is 0 Å². The molecule has 2 heteroatoms. The highest BCUT2D eigenvalue weighted by Gasteiger charge is 2.17. The van der Waals surface area contributed by atoms with Gasteiger partial charge in [-0.1, -0.05) is 32.9 Å². The van der Waals surface area contributed by atoms with Crippen molar-refractivity contribution in [3.8, 4) is 0 Å². The van der Waals surface area contributed by atoms with Gasteiger partial charge in [0.15, 0.2) is 0 Å². The molecule has 0 amide bonds. The largest absolute Gasteiger partial charge is 0.157 e. The first-order chi connectivity index (χ1) is 8.48. The maximum Gasteiger partial charge on any atom is 0.0187 e. The van der Waals surface area contributed by atoms with E-state index in [4.69, 9.17) is 0 Å². The SMILES string of the molecule is Cc1c2cc(C(C)(C)C)cc1CSCCCSC2. The molecule has 18 heavy (non-hydrogen) atoms. The number of fused-ring (bicyclic) bond motifs is 2. The van der Waals surface area contributed by atoms with E-state index in [1.54, 1.807) is 11.1 Å². The average Bonchev–Trinajstić information content (AvgIpc) is 2.27. The van der Waals surface area contributed by atoms with Crippen LogP contribution in [0.2, 0.25) is 0 Å². The predicted molar refractivity (Wildman–Crippen MR) is 86.8 cm³/mol. The van der Waals surface area contributed by atoms with Crippen LogP contribution in [0.25, 0.3) is 0 Å². The summed E-state index contributed by atoms with van der Waals surface area (Å²) in [4.78, 5) is 0. The van der Waals surface area contributed by atoms with Crippen molar-refractivity contribution in [2.24, 2.45) is 0 Å².